The average molecular weight is 398 g/mol. The van der Waals surface area contributed by atoms with Gasteiger partial charge in [-0.1, -0.05) is 76.6 Å². The van der Waals surface area contributed by atoms with Crippen molar-refractivity contribution in [3.63, 3.8) is 0 Å². The van der Waals surface area contributed by atoms with E-state index in [-0.39, 0.29) is 7.53 Å². The zero-order valence-electron chi connectivity index (χ0n) is 20.6. The summed E-state index contributed by atoms with van der Waals surface area (Å²) in [6, 6.07) is 0. The van der Waals surface area contributed by atoms with Crippen molar-refractivity contribution in [3.8, 4) is 0 Å². The van der Waals surface area contributed by atoms with Crippen molar-refractivity contribution >= 4 is 0 Å². The van der Waals surface area contributed by atoms with E-state index in [1.807, 2.05) is 0 Å². The van der Waals surface area contributed by atoms with Crippen molar-refractivity contribution < 1.29 is 6.53 Å². The number of allylic oxidation sites excluding steroid dienone is 6. The number of rotatable bonds is 5. The van der Waals surface area contributed by atoms with Gasteiger partial charge in [0.25, 0.3) is 0 Å². The topological polar surface area (TPSA) is 20.2 Å². The van der Waals surface area contributed by atoms with E-state index in [4.69, 9.17) is 0 Å². The van der Waals surface area contributed by atoms with E-state index in [1.54, 1.807) is 5.57 Å². The van der Waals surface area contributed by atoms with Gasteiger partial charge in [0.15, 0.2) is 0 Å². The predicted molar refractivity (Wildman–Crippen MR) is 127 cm³/mol. The number of hydrogen-bond acceptors (Lipinski definition) is 1. The Balaban J connectivity index is 0.00000320. The molecule has 3 fully saturated rings. The molecule has 3 aliphatic rings. The summed E-state index contributed by atoms with van der Waals surface area (Å²) >= 11 is 0. The molecule has 3 aliphatic carbocycles. The van der Waals surface area contributed by atoms with Crippen LogP contribution in [0.3, 0.4) is 0 Å². The van der Waals surface area contributed by atoms with E-state index in [9.17, 15) is 5.11 Å². The molecule has 1 heteroatoms. The highest BCUT2D eigenvalue weighted by atomic mass is 16.3. The molecule has 3 rings (SSSR count). The first-order valence-corrected chi connectivity index (χ1v) is 12.2. The standard InChI is InChI=1S/C28H44O/c1-19(2)20(3)9-10-22(5)26-15-16-27-23(8-7-17-28(26,27)6)12-13-24-18-25(29)14-11-21(24)4/h9-10,12-13,19-20,22,25-27,29H,4,7-8,11,14-18H2,1-3,5-6H3/p+1/b10-9+,23-12+,24-13-/t20-,22+,25-,26+,27?,28+/m0/s1. The third-order valence-corrected chi connectivity index (χ3v) is 8.63. The van der Waals surface area contributed by atoms with Crippen LogP contribution in [0.15, 0.2) is 47.6 Å². The highest BCUT2D eigenvalue weighted by Crippen LogP contribution is 2.59. The van der Waals surface area contributed by atoms with Gasteiger partial charge in [-0.25, -0.2) is 0 Å². The molecule has 0 aromatic rings. The van der Waals surface area contributed by atoms with Crippen LogP contribution in [-0.2, 0) is 0 Å². The van der Waals surface area contributed by atoms with Crippen LogP contribution in [-0.4, -0.2) is 11.2 Å². The third-order valence-electron chi connectivity index (χ3n) is 8.63. The van der Waals surface area contributed by atoms with Gasteiger partial charge in [-0.3, -0.25) is 0 Å². The second-order valence-corrected chi connectivity index (χ2v) is 10.9. The quantitative estimate of drug-likeness (QED) is 0.470. The lowest BCUT2D eigenvalue weighted by molar-refractivity contribution is 0.112. The van der Waals surface area contributed by atoms with Crippen LogP contribution in [0.1, 0.15) is 87.4 Å². The Bertz CT molecular complexity index is 685. The molecule has 6 atom stereocenters. The number of aliphatic hydroxyl groups is 1. The van der Waals surface area contributed by atoms with Gasteiger partial charge < -0.3 is 5.11 Å². The molecule has 1 N–H and O–H groups in total. The number of aliphatic hydroxyl groups excluding tert-OH is 1. The van der Waals surface area contributed by atoms with Crippen LogP contribution in [0, 0.1) is 35.0 Å². The summed E-state index contributed by atoms with van der Waals surface area (Å²) in [7, 11) is 0. The van der Waals surface area contributed by atoms with Crippen LogP contribution in [0.5, 0.6) is 0 Å². The Morgan fingerprint density at radius 3 is 2.55 bits per heavy atom. The van der Waals surface area contributed by atoms with E-state index in [1.165, 1.54) is 43.3 Å². The maximum atomic E-state index is 10.0. The van der Waals surface area contributed by atoms with E-state index in [0.717, 1.165) is 37.0 Å². The largest absolute Gasteiger partial charge is 1.00 e. The van der Waals surface area contributed by atoms with Crippen LogP contribution in [0.4, 0.5) is 0 Å². The smallest absolute Gasteiger partial charge is 0.393 e. The van der Waals surface area contributed by atoms with Crippen LogP contribution in [0.2, 0.25) is 0 Å². The Morgan fingerprint density at radius 2 is 1.83 bits per heavy atom. The molecule has 29 heavy (non-hydrogen) atoms. The fraction of sp³-hybridized carbons (Fsp3) is 0.714. The summed E-state index contributed by atoms with van der Waals surface area (Å²) in [6.45, 7) is 16.3. The highest BCUT2D eigenvalue weighted by molar-refractivity contribution is 5.36. The Hall–Kier alpha value is -1.08. The van der Waals surface area contributed by atoms with Gasteiger partial charge in [0.2, 0.25) is 0 Å². The van der Waals surface area contributed by atoms with Crippen molar-refractivity contribution in [2.75, 3.05) is 0 Å². The van der Waals surface area contributed by atoms with Crippen molar-refractivity contribution in [1.82, 2.24) is 0 Å². The Morgan fingerprint density at radius 1 is 1.07 bits per heavy atom. The first-order chi connectivity index (χ1) is 13.7. The summed E-state index contributed by atoms with van der Waals surface area (Å²) in [4.78, 5) is 0. The van der Waals surface area contributed by atoms with E-state index in [2.05, 4.69) is 65.5 Å². The monoisotopic (exact) mass is 397 g/mol. The van der Waals surface area contributed by atoms with Gasteiger partial charge in [-0.2, -0.15) is 0 Å². The van der Waals surface area contributed by atoms with Crippen molar-refractivity contribution in [2.24, 2.45) is 35.0 Å². The lowest BCUT2D eigenvalue weighted by Crippen LogP contribution is -2.35. The molecular formula is C28H45O+. The molecule has 0 aromatic carbocycles. The SMILES string of the molecule is C=C1CC[C@H](O)C/C1=C/C=C1\CCC[C@@]2(C)C1CC[C@@H]2[C@H](C)/C=C/[C@H](C)C(C)C.[H+]. The lowest BCUT2D eigenvalue weighted by Gasteiger charge is -2.44. The average Bonchev–Trinajstić information content (AvgIpc) is 3.04. The number of fused-ring (bicyclic) bond motifs is 1. The molecule has 1 unspecified atom stereocenters. The van der Waals surface area contributed by atoms with Crippen molar-refractivity contribution in [3.05, 3.63) is 47.6 Å². The van der Waals surface area contributed by atoms with E-state index in [0.29, 0.717) is 17.3 Å². The van der Waals surface area contributed by atoms with Crippen LogP contribution < -0.4 is 0 Å². The van der Waals surface area contributed by atoms with Gasteiger partial charge in [-0.05, 0) is 91.9 Å². The summed E-state index contributed by atoms with van der Waals surface area (Å²) < 4.78 is 0. The first-order valence-electron chi connectivity index (χ1n) is 12.2. The highest BCUT2D eigenvalue weighted by Gasteiger charge is 2.50. The fourth-order valence-corrected chi connectivity index (χ4v) is 6.25. The minimum atomic E-state index is -0.182. The summed E-state index contributed by atoms with van der Waals surface area (Å²) in [5.41, 5.74) is 4.61. The molecule has 162 valence electrons. The van der Waals surface area contributed by atoms with Gasteiger partial charge in [-0.15, -0.1) is 0 Å². The van der Waals surface area contributed by atoms with Gasteiger partial charge in [0.05, 0.1) is 6.10 Å². The molecule has 1 nitrogen and oxygen atoms in total. The molecule has 0 spiro atoms. The van der Waals surface area contributed by atoms with Gasteiger partial charge >= 0.3 is 1.43 Å². The summed E-state index contributed by atoms with van der Waals surface area (Å²) in [5.74, 6) is 3.58. The van der Waals surface area contributed by atoms with Crippen LogP contribution in [0.25, 0.3) is 0 Å². The fourth-order valence-electron chi connectivity index (χ4n) is 6.25. The normalized spacial score (nSPS) is 38.2. The van der Waals surface area contributed by atoms with Crippen LogP contribution >= 0.6 is 0 Å². The molecular weight excluding hydrogens is 352 g/mol. The van der Waals surface area contributed by atoms with Crippen molar-refractivity contribution in [1.29, 1.82) is 0 Å². The summed E-state index contributed by atoms with van der Waals surface area (Å²) in [5, 5.41) is 10.0. The Kier molecular flexibility index (Phi) is 7.31. The van der Waals surface area contributed by atoms with Crippen molar-refractivity contribution in [2.45, 2.75) is 92.1 Å². The molecule has 0 saturated heterocycles. The second kappa shape index (κ2) is 9.38. The zero-order valence-corrected chi connectivity index (χ0v) is 19.6. The molecule has 0 amide bonds. The molecule has 3 saturated carbocycles. The molecule has 0 heterocycles. The minimum Gasteiger partial charge on any atom is -0.393 e. The zero-order chi connectivity index (χ0) is 21.2. The maximum absolute atomic E-state index is 10.0. The molecule has 0 bridgehead atoms. The number of hydrogen-bond donors (Lipinski definition) is 1. The molecule has 0 aromatic heterocycles. The van der Waals surface area contributed by atoms with E-state index >= 15 is 0 Å². The van der Waals surface area contributed by atoms with Gasteiger partial charge in [0.1, 0.15) is 0 Å². The molecule has 0 aliphatic heterocycles. The minimum absolute atomic E-state index is 0. The van der Waals surface area contributed by atoms with Gasteiger partial charge in [0, 0.05) is 0 Å². The maximum Gasteiger partial charge on any atom is 1.00 e. The summed E-state index contributed by atoms with van der Waals surface area (Å²) in [6.07, 6.45) is 18.8. The first kappa shape index (κ1) is 22.6. The van der Waals surface area contributed by atoms with E-state index < -0.39 is 0 Å². The third kappa shape index (κ3) is 4.98. The molecule has 0 radical (unpaired) electrons. The Labute approximate surface area is 181 Å². The second-order valence-electron chi connectivity index (χ2n) is 10.9. The predicted octanol–water partition coefficient (Wildman–Crippen LogP) is 7.75. The lowest BCUT2D eigenvalue weighted by atomic mass is 9.61.